The molecule has 0 radical (unpaired) electrons. The molecular weight excluding hydrogens is 544 g/mol. The number of nitrogens with one attached hydrogen (secondary N) is 2. The van der Waals surface area contributed by atoms with E-state index in [2.05, 4.69) is 20.6 Å². The topological polar surface area (TPSA) is 118 Å². The van der Waals surface area contributed by atoms with Crippen LogP contribution in [-0.2, 0) is 9.59 Å². The maximum atomic E-state index is 12.9. The second kappa shape index (κ2) is 12.5. The molecule has 10 heteroatoms. The monoisotopic (exact) mass is 570 g/mol. The van der Waals surface area contributed by atoms with Gasteiger partial charge in [0.15, 0.2) is 21.6 Å². The van der Waals surface area contributed by atoms with E-state index in [-0.39, 0.29) is 23.4 Å². The van der Waals surface area contributed by atoms with Gasteiger partial charge >= 0.3 is 0 Å². The lowest BCUT2D eigenvalue weighted by Crippen LogP contribution is -2.05. The largest absolute Gasteiger partial charge is 0.326 e. The molecule has 2 aromatic heterocycles. The summed E-state index contributed by atoms with van der Waals surface area (Å²) in [5, 5.41) is 6.57. The summed E-state index contributed by atoms with van der Waals surface area (Å²) in [4.78, 5) is 58.2. The van der Waals surface area contributed by atoms with Crippen LogP contribution in [0.15, 0.2) is 60.7 Å². The van der Waals surface area contributed by atoms with Gasteiger partial charge < -0.3 is 10.6 Å². The van der Waals surface area contributed by atoms with E-state index in [0.29, 0.717) is 42.5 Å². The maximum absolute atomic E-state index is 12.9. The number of aromatic nitrogens is 2. The van der Waals surface area contributed by atoms with Crippen molar-refractivity contribution >= 4 is 69.6 Å². The molecule has 0 spiro atoms. The van der Waals surface area contributed by atoms with Gasteiger partial charge in [-0.1, -0.05) is 36.4 Å². The third kappa shape index (κ3) is 7.31. The molecule has 8 nitrogen and oxygen atoms in total. The van der Waals surface area contributed by atoms with Crippen LogP contribution in [0, 0.1) is 13.8 Å². The molecule has 2 N–H and O–H groups in total. The summed E-state index contributed by atoms with van der Waals surface area (Å²) >= 11 is 2.49. The third-order valence-corrected chi connectivity index (χ3v) is 8.03. The highest BCUT2D eigenvalue weighted by Crippen LogP contribution is 2.33. The molecular formula is C30H26N4O4S2. The van der Waals surface area contributed by atoms with E-state index in [1.807, 2.05) is 24.3 Å². The summed E-state index contributed by atoms with van der Waals surface area (Å²) in [7, 11) is 0. The van der Waals surface area contributed by atoms with Crippen LogP contribution in [0.1, 0.15) is 55.7 Å². The van der Waals surface area contributed by atoms with E-state index >= 15 is 0 Å². The number of hydrogen-bond donors (Lipinski definition) is 2. The summed E-state index contributed by atoms with van der Waals surface area (Å²) in [6, 6.07) is 14.3. The van der Waals surface area contributed by atoms with Crippen molar-refractivity contribution in [3.8, 4) is 10.0 Å². The van der Waals surface area contributed by atoms with Crippen LogP contribution in [0.5, 0.6) is 0 Å². The van der Waals surface area contributed by atoms with Crippen molar-refractivity contribution in [3.05, 3.63) is 93.0 Å². The van der Waals surface area contributed by atoms with Crippen molar-refractivity contribution in [1.82, 2.24) is 9.97 Å². The third-order valence-electron chi connectivity index (χ3n) is 5.54. The number of amides is 2. The van der Waals surface area contributed by atoms with Gasteiger partial charge in [-0.15, -0.1) is 22.7 Å². The van der Waals surface area contributed by atoms with Gasteiger partial charge in [-0.25, -0.2) is 9.97 Å². The van der Waals surface area contributed by atoms with Crippen LogP contribution >= 0.6 is 22.7 Å². The van der Waals surface area contributed by atoms with Crippen molar-refractivity contribution in [2.24, 2.45) is 0 Å². The number of benzene rings is 2. The van der Waals surface area contributed by atoms with E-state index in [0.717, 1.165) is 11.1 Å². The molecule has 0 atom stereocenters. The van der Waals surface area contributed by atoms with E-state index < -0.39 is 0 Å². The predicted molar refractivity (Wildman–Crippen MR) is 161 cm³/mol. The Balaban J connectivity index is 1.45. The number of aryl methyl sites for hydroxylation is 2. The van der Waals surface area contributed by atoms with Gasteiger partial charge in [0.1, 0.15) is 0 Å². The van der Waals surface area contributed by atoms with Gasteiger partial charge in [-0.2, -0.15) is 0 Å². The van der Waals surface area contributed by atoms with Gasteiger partial charge in [0, 0.05) is 25.2 Å². The number of ketones is 2. The Morgan fingerprint density at radius 3 is 1.30 bits per heavy atom. The molecule has 0 aliphatic heterocycles. The summed E-state index contributed by atoms with van der Waals surface area (Å²) in [6.45, 7) is 6.44. The zero-order valence-electron chi connectivity index (χ0n) is 22.3. The van der Waals surface area contributed by atoms with Crippen LogP contribution in [-0.4, -0.2) is 33.3 Å². The van der Waals surface area contributed by atoms with E-state index in [1.165, 1.54) is 48.7 Å². The van der Waals surface area contributed by atoms with Gasteiger partial charge in [0.2, 0.25) is 11.8 Å². The molecule has 202 valence electrons. The first-order chi connectivity index (χ1) is 19.1. The molecule has 0 aliphatic rings. The molecule has 0 saturated carbocycles. The molecule has 4 rings (SSSR count). The minimum Gasteiger partial charge on any atom is -0.326 e. The lowest BCUT2D eigenvalue weighted by atomic mass is 10.1. The summed E-state index contributed by atoms with van der Waals surface area (Å²) in [5.74, 6) is -0.650. The second-order valence-electron chi connectivity index (χ2n) is 8.87. The molecule has 2 amide bonds. The van der Waals surface area contributed by atoms with Crippen LogP contribution < -0.4 is 10.6 Å². The Labute approximate surface area is 239 Å². The van der Waals surface area contributed by atoms with Crippen LogP contribution in [0.3, 0.4) is 0 Å². The minimum atomic E-state index is -0.177. The number of allylic oxidation sites excluding steroid dienone is 2. The molecule has 0 fully saturated rings. The smallest absolute Gasteiger partial charge is 0.221 e. The van der Waals surface area contributed by atoms with Crippen LogP contribution in [0.2, 0.25) is 0 Å². The molecule has 2 aromatic carbocycles. The SMILES string of the molecule is CC(=O)Nc1ccc(/C=C/C(=O)c2sc(-c3nc(C)c(C(=O)/C=C/c4ccc(NC(C)=O)cc4)s3)nc2C)cc1. The fourth-order valence-electron chi connectivity index (χ4n) is 3.69. The van der Waals surface area contributed by atoms with E-state index in [1.54, 1.807) is 50.3 Å². The number of rotatable bonds is 9. The van der Waals surface area contributed by atoms with Crippen LogP contribution in [0.25, 0.3) is 22.2 Å². The average molecular weight is 571 g/mol. The average Bonchev–Trinajstić information content (AvgIpc) is 3.49. The van der Waals surface area contributed by atoms with Crippen molar-refractivity contribution in [1.29, 1.82) is 0 Å². The van der Waals surface area contributed by atoms with Crippen LogP contribution in [0.4, 0.5) is 11.4 Å². The van der Waals surface area contributed by atoms with Crippen molar-refractivity contribution < 1.29 is 19.2 Å². The molecule has 0 unspecified atom stereocenters. The molecule has 2 heterocycles. The van der Waals surface area contributed by atoms with Crippen molar-refractivity contribution in [2.75, 3.05) is 10.6 Å². The number of carbonyl (C=O) groups excluding carboxylic acids is 4. The number of thiazole rings is 2. The minimum absolute atomic E-state index is 0.148. The Hall–Kier alpha value is -4.54. The zero-order chi connectivity index (χ0) is 28.8. The van der Waals surface area contributed by atoms with E-state index in [9.17, 15) is 19.2 Å². The highest BCUT2D eigenvalue weighted by Gasteiger charge is 2.20. The van der Waals surface area contributed by atoms with Gasteiger partial charge in [0.05, 0.1) is 21.1 Å². The number of carbonyl (C=O) groups is 4. The highest BCUT2D eigenvalue weighted by molar-refractivity contribution is 7.23. The second-order valence-corrected chi connectivity index (χ2v) is 10.9. The Kier molecular flexibility index (Phi) is 8.93. The highest BCUT2D eigenvalue weighted by atomic mass is 32.1. The summed E-state index contributed by atoms with van der Waals surface area (Å²) in [5.41, 5.74) is 4.20. The first kappa shape index (κ1) is 28.5. The summed E-state index contributed by atoms with van der Waals surface area (Å²) < 4.78 is 0. The number of nitrogens with zero attached hydrogens (tertiary/aromatic N) is 2. The van der Waals surface area contributed by atoms with Gasteiger partial charge in [-0.05, 0) is 61.4 Å². The Morgan fingerprint density at radius 2 is 0.975 bits per heavy atom. The lowest BCUT2D eigenvalue weighted by molar-refractivity contribution is -0.115. The fourth-order valence-corrected chi connectivity index (χ4v) is 5.68. The Morgan fingerprint density at radius 1 is 0.625 bits per heavy atom. The van der Waals surface area contributed by atoms with E-state index in [4.69, 9.17) is 0 Å². The molecule has 0 aliphatic carbocycles. The summed E-state index contributed by atoms with van der Waals surface area (Å²) in [6.07, 6.45) is 6.41. The van der Waals surface area contributed by atoms with Crippen molar-refractivity contribution in [2.45, 2.75) is 27.7 Å². The zero-order valence-corrected chi connectivity index (χ0v) is 23.9. The maximum Gasteiger partial charge on any atom is 0.221 e. The molecule has 0 bridgehead atoms. The number of anilines is 2. The molecule has 40 heavy (non-hydrogen) atoms. The molecule has 0 saturated heterocycles. The first-order valence-electron chi connectivity index (χ1n) is 12.2. The normalized spacial score (nSPS) is 11.2. The Bertz CT molecular complexity index is 1520. The predicted octanol–water partition coefficient (Wildman–Crippen LogP) is 6.59. The fraction of sp³-hybridized carbons (Fsp3) is 0.133. The standard InChI is InChI=1S/C30H26N4O4S2/c1-17-27(25(37)15-9-21-5-11-23(12-6-21)33-19(3)35)39-29(31-17)30-32-18(2)28(40-30)26(38)16-10-22-7-13-24(14-8-22)34-20(4)36/h5-16H,1-4H3,(H,33,35)(H,34,36)/b15-9+,16-10+. The van der Waals surface area contributed by atoms with Crippen molar-refractivity contribution in [3.63, 3.8) is 0 Å². The molecule has 4 aromatic rings. The first-order valence-corrected chi connectivity index (χ1v) is 13.9. The lowest BCUT2D eigenvalue weighted by Gasteiger charge is -2.01. The van der Waals surface area contributed by atoms with Gasteiger partial charge in [0.25, 0.3) is 0 Å². The number of hydrogen-bond acceptors (Lipinski definition) is 8. The quantitative estimate of drug-likeness (QED) is 0.173. The van der Waals surface area contributed by atoms with Gasteiger partial charge in [-0.3, -0.25) is 19.2 Å².